The molecule has 0 saturated carbocycles. The minimum Gasteiger partial charge on any atom is -0.481 e. The molecule has 1 aromatic carbocycles. The highest BCUT2D eigenvalue weighted by Crippen LogP contribution is 2.20. The molecular formula is C45H65N15O15. The number of nitrogens with zero attached hydrogens (tertiary/aromatic N) is 2. The van der Waals surface area contributed by atoms with E-state index in [1.165, 1.54) is 19.4 Å². The number of fused-ring (bicyclic) bond motifs is 1. The van der Waals surface area contributed by atoms with Gasteiger partial charge in [-0.05, 0) is 43.7 Å². The molecular weight excluding hydrogens is 991 g/mol. The molecule has 0 aliphatic carbocycles. The van der Waals surface area contributed by atoms with Crippen molar-refractivity contribution in [3.05, 3.63) is 54.2 Å². The van der Waals surface area contributed by atoms with E-state index < -0.39 is 139 Å². The first kappa shape index (κ1) is 60.6. The minimum absolute atomic E-state index is 0.0245. The Morgan fingerprint density at radius 2 is 1.19 bits per heavy atom. The largest absolute Gasteiger partial charge is 0.481 e. The molecule has 75 heavy (non-hydrogen) atoms. The fraction of sp³-hybridized carbons (Fsp3) is 0.489. The molecule has 30 nitrogen and oxygen atoms in total. The van der Waals surface area contributed by atoms with Gasteiger partial charge in [0.15, 0.2) is 5.96 Å². The number of aliphatic hydroxyl groups excluding tert-OH is 1. The number of aliphatic hydroxyl groups is 1. The number of H-pyrrole nitrogens is 2. The van der Waals surface area contributed by atoms with Gasteiger partial charge in [-0.2, -0.15) is 0 Å². The average Bonchev–Trinajstić information content (AvgIpc) is 4.01. The van der Waals surface area contributed by atoms with E-state index in [1.54, 1.807) is 44.3 Å². The van der Waals surface area contributed by atoms with Crippen LogP contribution in [0.2, 0.25) is 0 Å². The van der Waals surface area contributed by atoms with Crippen molar-refractivity contribution in [2.75, 3.05) is 19.7 Å². The number of carbonyl (C=O) groups excluding carboxylic acids is 8. The van der Waals surface area contributed by atoms with Gasteiger partial charge in [0.05, 0.1) is 38.4 Å². The van der Waals surface area contributed by atoms with Gasteiger partial charge in [0.2, 0.25) is 47.3 Å². The van der Waals surface area contributed by atoms with Crippen molar-refractivity contribution in [1.82, 2.24) is 57.5 Å². The molecule has 0 aliphatic rings. The number of carboxylic acids is 3. The van der Waals surface area contributed by atoms with E-state index in [-0.39, 0.29) is 50.5 Å². The second-order valence-corrected chi connectivity index (χ2v) is 17.6. The number of aromatic nitrogens is 3. The summed E-state index contributed by atoms with van der Waals surface area (Å²) in [6, 6.07) is -5.62. The Bertz CT molecular complexity index is 2530. The topological polar surface area (TPSA) is 500 Å². The first-order valence-electron chi connectivity index (χ1n) is 23.4. The average molecular weight is 1060 g/mol. The third-order valence-corrected chi connectivity index (χ3v) is 10.9. The Hall–Kier alpha value is -8.67. The number of benzene rings is 1. The zero-order valence-electron chi connectivity index (χ0n) is 41.2. The monoisotopic (exact) mass is 1060 g/mol. The molecule has 410 valence electrons. The Labute approximate surface area is 427 Å². The Morgan fingerprint density at radius 3 is 1.75 bits per heavy atom. The van der Waals surface area contributed by atoms with Crippen molar-refractivity contribution < 1.29 is 73.2 Å². The summed E-state index contributed by atoms with van der Waals surface area (Å²) in [7, 11) is 0. The number of nitrogens with two attached hydrogens (primary N) is 3. The zero-order valence-corrected chi connectivity index (χ0v) is 41.2. The van der Waals surface area contributed by atoms with Crippen LogP contribution in [0, 0.1) is 5.92 Å². The van der Waals surface area contributed by atoms with Gasteiger partial charge in [-0.15, -0.1) is 0 Å². The standard InChI is InChI=1S/C45H65N15O15/c1-21(2)11-32(44(74)75)59-43(73)33(19-61)60-40(70)28(12-23-16-51-26-8-5-4-7-25(23)26)56-39(69)27(9-6-10-50-45(47)48)54-34(62)18-52-38(68)30(14-35(63)64)57-42(72)31(15-36(65)66)58-41(71)29(55-37(67)22(3)46)13-24-17-49-20-53-24/h4-5,7-8,16-17,20-22,27-33,51,61H,6,9-15,18-19,46H2,1-3H3,(H,49,53)(H,52,68)(H,54,62)(H,55,67)(H,56,69)(H,57,72)(H,58,71)(H,59,73)(H,60,70)(H,63,64)(H,65,66)(H,74,75)(H4,47,48,50)/t22-,27-,28-,29-,30-,31-,32-,33-/m0/s1. The molecule has 2 heterocycles. The van der Waals surface area contributed by atoms with Crippen LogP contribution in [0.5, 0.6) is 0 Å². The van der Waals surface area contributed by atoms with Crippen LogP contribution in [0.15, 0.2) is 48.0 Å². The molecule has 20 N–H and O–H groups in total. The van der Waals surface area contributed by atoms with Crippen molar-refractivity contribution in [2.45, 2.75) is 114 Å². The molecule has 0 radical (unpaired) electrons. The van der Waals surface area contributed by atoms with Crippen LogP contribution in [0.4, 0.5) is 0 Å². The number of amides is 8. The van der Waals surface area contributed by atoms with Gasteiger partial charge >= 0.3 is 17.9 Å². The number of nitrogens with one attached hydrogen (secondary N) is 10. The maximum Gasteiger partial charge on any atom is 0.326 e. The smallest absolute Gasteiger partial charge is 0.326 e. The van der Waals surface area contributed by atoms with Crippen LogP contribution in [-0.4, -0.2) is 175 Å². The summed E-state index contributed by atoms with van der Waals surface area (Å²) >= 11 is 0. The molecule has 0 unspecified atom stereocenters. The van der Waals surface area contributed by atoms with Crippen molar-refractivity contribution in [1.29, 1.82) is 0 Å². The van der Waals surface area contributed by atoms with Crippen molar-refractivity contribution in [3.8, 4) is 0 Å². The van der Waals surface area contributed by atoms with Crippen LogP contribution in [0.3, 0.4) is 0 Å². The Morgan fingerprint density at radius 1 is 0.653 bits per heavy atom. The van der Waals surface area contributed by atoms with Crippen LogP contribution in [0.1, 0.15) is 64.1 Å². The zero-order chi connectivity index (χ0) is 55.9. The number of aliphatic imine (C=N–C) groups is 1. The van der Waals surface area contributed by atoms with E-state index in [0.29, 0.717) is 22.2 Å². The SMILES string of the molecule is CC(C)C[C@H](NC(=O)[C@H](CO)NC(=O)[C@H](Cc1c[nH]c2ccccc12)NC(=O)[C@H](CCCN=C(N)N)NC(=O)CNC(=O)[C@H](CC(=O)O)NC(=O)[C@H](CC(=O)O)NC(=O)[C@H](Cc1cnc[nH]1)NC(=O)[C@H](C)N)C(=O)O. The highest BCUT2D eigenvalue weighted by Gasteiger charge is 2.35. The maximum atomic E-state index is 14.1. The van der Waals surface area contributed by atoms with E-state index in [4.69, 9.17) is 17.2 Å². The lowest BCUT2D eigenvalue weighted by Gasteiger charge is -2.26. The lowest BCUT2D eigenvalue weighted by Crippen LogP contribution is -2.59. The first-order valence-corrected chi connectivity index (χ1v) is 23.4. The normalized spacial score (nSPS) is 14.2. The number of guanidine groups is 1. The number of para-hydroxylation sites is 1. The number of imidazole rings is 1. The van der Waals surface area contributed by atoms with E-state index >= 15 is 0 Å². The minimum atomic E-state index is -1.99. The van der Waals surface area contributed by atoms with E-state index in [9.17, 15) is 73.2 Å². The first-order chi connectivity index (χ1) is 35.4. The Balaban J connectivity index is 1.84. The van der Waals surface area contributed by atoms with Crippen molar-refractivity contribution in [3.63, 3.8) is 0 Å². The molecule has 8 amide bonds. The van der Waals surface area contributed by atoms with Crippen LogP contribution in [-0.2, 0) is 65.6 Å². The molecule has 0 fully saturated rings. The van der Waals surface area contributed by atoms with E-state index in [2.05, 4.69) is 62.5 Å². The number of hydrogen-bond acceptors (Lipinski definition) is 15. The third-order valence-electron chi connectivity index (χ3n) is 10.9. The second kappa shape index (κ2) is 29.7. The summed E-state index contributed by atoms with van der Waals surface area (Å²) in [5.74, 6) is -13.6. The van der Waals surface area contributed by atoms with Crippen molar-refractivity contribution >= 4 is 82.0 Å². The number of aromatic amines is 2. The predicted molar refractivity (Wildman–Crippen MR) is 263 cm³/mol. The number of rotatable bonds is 32. The number of carbonyl (C=O) groups is 11. The molecule has 0 spiro atoms. The van der Waals surface area contributed by atoms with Crippen molar-refractivity contribution in [2.24, 2.45) is 28.1 Å². The van der Waals surface area contributed by atoms with Crippen LogP contribution in [0.25, 0.3) is 10.9 Å². The number of carboxylic acid groups (broad SMARTS) is 3. The van der Waals surface area contributed by atoms with Gasteiger partial charge in [0.1, 0.15) is 42.3 Å². The summed E-state index contributed by atoms with van der Waals surface area (Å²) in [4.78, 5) is 157. The summed E-state index contributed by atoms with van der Waals surface area (Å²) in [6.07, 6.45) is 1.39. The maximum absolute atomic E-state index is 14.1. The molecule has 0 aliphatic heterocycles. The van der Waals surface area contributed by atoms with E-state index in [1.807, 2.05) is 0 Å². The number of hydrogen-bond donors (Lipinski definition) is 17. The lowest BCUT2D eigenvalue weighted by molar-refractivity contribution is -0.143. The highest BCUT2D eigenvalue weighted by atomic mass is 16.4. The van der Waals surface area contributed by atoms with Gasteiger partial charge < -0.3 is 90.1 Å². The fourth-order valence-corrected chi connectivity index (χ4v) is 7.18. The quantitative estimate of drug-likeness (QED) is 0.0158. The molecule has 3 aromatic rings. The van der Waals surface area contributed by atoms with E-state index in [0.717, 1.165) is 0 Å². The van der Waals surface area contributed by atoms with Crippen LogP contribution < -0.4 is 59.7 Å². The molecule has 8 atom stereocenters. The summed E-state index contributed by atoms with van der Waals surface area (Å²) in [5, 5.41) is 58.0. The summed E-state index contributed by atoms with van der Waals surface area (Å²) < 4.78 is 0. The summed E-state index contributed by atoms with van der Waals surface area (Å²) in [6.45, 7) is 2.79. The third kappa shape index (κ3) is 20.8. The van der Waals surface area contributed by atoms with Gasteiger partial charge in [-0.3, -0.25) is 52.9 Å². The predicted octanol–water partition coefficient (Wildman–Crippen LogP) is -5.34. The molecule has 30 heteroatoms. The lowest BCUT2D eigenvalue weighted by atomic mass is 10.0. The number of aliphatic carboxylic acids is 3. The second-order valence-electron chi connectivity index (χ2n) is 17.6. The van der Waals surface area contributed by atoms with Gasteiger partial charge in [0.25, 0.3) is 0 Å². The molecule has 0 saturated heterocycles. The van der Waals surface area contributed by atoms with Gasteiger partial charge in [-0.25, -0.2) is 9.78 Å². The molecule has 2 aromatic heterocycles. The summed E-state index contributed by atoms with van der Waals surface area (Å²) in [5.41, 5.74) is 18.0. The Kier molecular flexibility index (Phi) is 24.1. The highest BCUT2D eigenvalue weighted by molar-refractivity contribution is 5.99. The molecule has 0 bridgehead atoms. The molecule has 3 rings (SSSR count). The van der Waals surface area contributed by atoms with Gasteiger partial charge in [0, 0.05) is 48.4 Å². The van der Waals surface area contributed by atoms with Crippen LogP contribution >= 0.6 is 0 Å². The van der Waals surface area contributed by atoms with Gasteiger partial charge in [-0.1, -0.05) is 32.0 Å². The fourth-order valence-electron chi connectivity index (χ4n) is 7.18.